The largest absolute Gasteiger partial charge is 0.418 e. The number of piperazine rings is 1. The Hall–Kier alpha value is -2.58. The van der Waals surface area contributed by atoms with Gasteiger partial charge >= 0.3 is 6.18 Å². The number of amides is 2. The third kappa shape index (κ3) is 4.63. The molecule has 1 atom stereocenters. The van der Waals surface area contributed by atoms with Crippen LogP contribution in [0.25, 0.3) is 0 Å². The Kier molecular flexibility index (Phi) is 5.90. The van der Waals surface area contributed by atoms with Crippen molar-refractivity contribution in [3.63, 3.8) is 0 Å². The van der Waals surface area contributed by atoms with Gasteiger partial charge in [0.2, 0.25) is 11.8 Å². The number of nitrogens with zero attached hydrogens (tertiary/aromatic N) is 1. The van der Waals surface area contributed by atoms with Crippen LogP contribution in [0, 0.1) is 0 Å². The molecule has 0 radical (unpaired) electrons. The summed E-state index contributed by atoms with van der Waals surface area (Å²) < 4.78 is 40.0. The second kappa shape index (κ2) is 8.20. The molecule has 9 heteroatoms. The van der Waals surface area contributed by atoms with E-state index in [4.69, 9.17) is 11.6 Å². The van der Waals surface area contributed by atoms with Crippen LogP contribution in [-0.2, 0) is 15.8 Å². The SMILES string of the molecule is O=C1CN([C@H](C(=O)Nc2ccc(Cl)cc2C(F)(F)F)c2ccccc2)CCN1. The van der Waals surface area contributed by atoms with Gasteiger partial charge in [0, 0.05) is 18.1 Å². The third-order valence-corrected chi connectivity index (χ3v) is 4.58. The average Bonchev–Trinajstić information content (AvgIpc) is 2.63. The summed E-state index contributed by atoms with van der Waals surface area (Å²) in [4.78, 5) is 26.4. The fraction of sp³-hybridized carbons (Fsp3) is 0.263. The highest BCUT2D eigenvalue weighted by atomic mass is 35.5. The van der Waals surface area contributed by atoms with Gasteiger partial charge in [0.25, 0.3) is 0 Å². The quantitative estimate of drug-likeness (QED) is 0.810. The van der Waals surface area contributed by atoms with Gasteiger partial charge in [-0.2, -0.15) is 13.2 Å². The molecule has 1 aliphatic heterocycles. The summed E-state index contributed by atoms with van der Waals surface area (Å²) in [5.74, 6) is -0.906. The van der Waals surface area contributed by atoms with E-state index in [-0.39, 0.29) is 23.2 Å². The fourth-order valence-electron chi connectivity index (χ4n) is 3.10. The maximum Gasteiger partial charge on any atom is 0.418 e. The molecule has 0 spiro atoms. The van der Waals surface area contributed by atoms with Crippen LogP contribution >= 0.6 is 11.6 Å². The van der Waals surface area contributed by atoms with Crippen LogP contribution in [0.2, 0.25) is 5.02 Å². The topological polar surface area (TPSA) is 61.4 Å². The van der Waals surface area contributed by atoms with Crippen LogP contribution in [0.5, 0.6) is 0 Å². The molecule has 5 nitrogen and oxygen atoms in total. The van der Waals surface area contributed by atoms with E-state index in [1.54, 1.807) is 35.2 Å². The zero-order valence-electron chi connectivity index (χ0n) is 14.6. The van der Waals surface area contributed by atoms with Gasteiger partial charge in [-0.3, -0.25) is 14.5 Å². The van der Waals surface area contributed by atoms with Gasteiger partial charge in [0.1, 0.15) is 6.04 Å². The number of hydrogen-bond donors (Lipinski definition) is 2. The maximum atomic E-state index is 13.3. The van der Waals surface area contributed by atoms with Gasteiger partial charge in [-0.25, -0.2) is 0 Å². The normalized spacial score (nSPS) is 16.4. The van der Waals surface area contributed by atoms with E-state index in [1.807, 2.05) is 0 Å². The molecule has 0 saturated carbocycles. The van der Waals surface area contributed by atoms with Crippen molar-refractivity contribution in [1.29, 1.82) is 0 Å². The van der Waals surface area contributed by atoms with Crippen molar-refractivity contribution in [2.45, 2.75) is 12.2 Å². The van der Waals surface area contributed by atoms with Crippen LogP contribution in [0.15, 0.2) is 48.5 Å². The van der Waals surface area contributed by atoms with Crippen molar-refractivity contribution in [2.24, 2.45) is 0 Å². The van der Waals surface area contributed by atoms with Crippen LogP contribution in [0.4, 0.5) is 18.9 Å². The summed E-state index contributed by atoms with van der Waals surface area (Å²) >= 11 is 5.69. The first-order valence-corrected chi connectivity index (χ1v) is 8.87. The molecule has 148 valence electrons. The minimum Gasteiger partial charge on any atom is -0.354 e. The summed E-state index contributed by atoms with van der Waals surface area (Å²) in [5, 5.41) is 4.94. The number of anilines is 1. The molecule has 2 amide bonds. The minimum absolute atomic E-state index is 0.0280. The van der Waals surface area contributed by atoms with E-state index in [0.717, 1.165) is 12.1 Å². The molecule has 0 aliphatic carbocycles. The zero-order valence-corrected chi connectivity index (χ0v) is 15.3. The van der Waals surface area contributed by atoms with Gasteiger partial charge < -0.3 is 10.6 Å². The lowest BCUT2D eigenvalue weighted by molar-refractivity contribution is -0.137. The molecule has 2 aromatic carbocycles. The molecule has 1 heterocycles. The molecule has 3 rings (SSSR count). The Bertz CT molecular complexity index is 874. The Labute approximate surface area is 164 Å². The van der Waals surface area contributed by atoms with E-state index in [1.165, 1.54) is 6.07 Å². The molecule has 28 heavy (non-hydrogen) atoms. The Balaban J connectivity index is 1.94. The number of hydrogen-bond acceptors (Lipinski definition) is 3. The van der Waals surface area contributed by atoms with Crippen LogP contribution in [-0.4, -0.2) is 36.3 Å². The lowest BCUT2D eigenvalue weighted by Gasteiger charge is -2.33. The summed E-state index contributed by atoms with van der Waals surface area (Å²) in [6.45, 7) is 0.718. The van der Waals surface area contributed by atoms with Gasteiger partial charge in [-0.1, -0.05) is 41.9 Å². The number of nitrogens with one attached hydrogen (secondary N) is 2. The monoisotopic (exact) mass is 411 g/mol. The lowest BCUT2D eigenvalue weighted by Crippen LogP contribution is -2.51. The number of rotatable bonds is 4. The number of carbonyl (C=O) groups excluding carboxylic acids is 2. The summed E-state index contributed by atoms with van der Waals surface area (Å²) in [6, 6.07) is 10.9. The summed E-state index contributed by atoms with van der Waals surface area (Å²) in [7, 11) is 0. The van der Waals surface area contributed by atoms with Crippen molar-refractivity contribution >= 4 is 29.1 Å². The Morgan fingerprint density at radius 2 is 1.89 bits per heavy atom. The predicted octanol–water partition coefficient (Wildman–Crippen LogP) is 3.47. The molecule has 0 bridgehead atoms. The first-order valence-electron chi connectivity index (χ1n) is 8.49. The highest BCUT2D eigenvalue weighted by Crippen LogP contribution is 2.37. The maximum absolute atomic E-state index is 13.3. The van der Waals surface area contributed by atoms with Gasteiger partial charge in [0.05, 0.1) is 17.8 Å². The second-order valence-corrected chi connectivity index (χ2v) is 6.75. The lowest BCUT2D eigenvalue weighted by atomic mass is 10.0. The molecule has 0 unspecified atom stereocenters. The van der Waals surface area contributed by atoms with Crippen LogP contribution in [0.1, 0.15) is 17.2 Å². The smallest absolute Gasteiger partial charge is 0.354 e. The van der Waals surface area contributed by atoms with E-state index in [0.29, 0.717) is 18.7 Å². The zero-order chi connectivity index (χ0) is 20.3. The highest BCUT2D eigenvalue weighted by Gasteiger charge is 2.36. The average molecular weight is 412 g/mol. The Morgan fingerprint density at radius 1 is 1.18 bits per heavy atom. The van der Waals surface area contributed by atoms with Gasteiger partial charge in [-0.05, 0) is 23.8 Å². The third-order valence-electron chi connectivity index (χ3n) is 4.34. The highest BCUT2D eigenvalue weighted by molar-refractivity contribution is 6.30. The van der Waals surface area contributed by atoms with Crippen molar-refractivity contribution in [3.05, 3.63) is 64.7 Å². The summed E-state index contributed by atoms with van der Waals surface area (Å²) in [6.07, 6.45) is -4.68. The van der Waals surface area contributed by atoms with Gasteiger partial charge in [0.15, 0.2) is 0 Å². The first-order chi connectivity index (χ1) is 13.3. The van der Waals surface area contributed by atoms with Gasteiger partial charge in [-0.15, -0.1) is 0 Å². The van der Waals surface area contributed by atoms with E-state index in [9.17, 15) is 22.8 Å². The molecule has 1 aliphatic rings. The molecule has 2 aromatic rings. The molecule has 0 aromatic heterocycles. The standard InChI is InChI=1S/C19H17ClF3N3O2/c20-13-6-7-15(14(10-13)19(21,22)23)25-18(28)17(12-4-2-1-3-5-12)26-9-8-24-16(27)11-26/h1-7,10,17H,8-9,11H2,(H,24,27)(H,25,28)/t17-/m0/s1. The molecule has 1 fully saturated rings. The van der Waals surface area contributed by atoms with Crippen molar-refractivity contribution in [1.82, 2.24) is 10.2 Å². The van der Waals surface area contributed by atoms with E-state index < -0.39 is 23.7 Å². The molecule has 1 saturated heterocycles. The van der Waals surface area contributed by atoms with Crippen LogP contribution in [0.3, 0.4) is 0 Å². The summed E-state index contributed by atoms with van der Waals surface area (Å²) in [5.41, 5.74) is -0.835. The molecular weight excluding hydrogens is 395 g/mol. The number of halogens is 4. The number of carbonyl (C=O) groups is 2. The second-order valence-electron chi connectivity index (χ2n) is 6.31. The Morgan fingerprint density at radius 3 is 2.54 bits per heavy atom. The fourth-order valence-corrected chi connectivity index (χ4v) is 3.28. The predicted molar refractivity (Wildman–Crippen MR) is 98.8 cm³/mol. The van der Waals surface area contributed by atoms with E-state index >= 15 is 0 Å². The van der Waals surface area contributed by atoms with E-state index in [2.05, 4.69) is 10.6 Å². The number of alkyl halides is 3. The first kappa shape index (κ1) is 20.2. The minimum atomic E-state index is -4.68. The van der Waals surface area contributed by atoms with Crippen molar-refractivity contribution in [3.8, 4) is 0 Å². The van der Waals surface area contributed by atoms with Crippen molar-refractivity contribution < 1.29 is 22.8 Å². The molecule has 2 N–H and O–H groups in total. The van der Waals surface area contributed by atoms with Crippen molar-refractivity contribution in [2.75, 3.05) is 25.0 Å². The molecular formula is C19H17ClF3N3O2. The van der Waals surface area contributed by atoms with Crippen LogP contribution < -0.4 is 10.6 Å². The number of benzene rings is 2.